The standard InChI is InChI=1S/C24H17N3OS/c1-2-8-17(9-3-1)29-24-22(21-12-7-15-28-21)18(19-11-6-14-25-19)16-27-23(24)20-10-4-5-13-26-20/h1-16,25H. The molecule has 5 heteroatoms. The van der Waals surface area contributed by atoms with Gasteiger partial charge in [-0.1, -0.05) is 36.0 Å². The summed E-state index contributed by atoms with van der Waals surface area (Å²) in [6.45, 7) is 0. The molecule has 0 saturated carbocycles. The summed E-state index contributed by atoms with van der Waals surface area (Å²) >= 11 is 1.67. The summed E-state index contributed by atoms with van der Waals surface area (Å²) in [6, 6.07) is 24.1. The van der Waals surface area contributed by atoms with Crippen molar-refractivity contribution in [3.8, 4) is 34.0 Å². The van der Waals surface area contributed by atoms with Crippen LogP contribution in [0.2, 0.25) is 0 Å². The summed E-state index contributed by atoms with van der Waals surface area (Å²) < 4.78 is 5.85. The van der Waals surface area contributed by atoms with Crippen LogP contribution in [0.25, 0.3) is 34.0 Å². The average Bonchev–Trinajstić information content (AvgIpc) is 3.49. The van der Waals surface area contributed by atoms with Crippen LogP contribution in [0, 0.1) is 0 Å². The maximum absolute atomic E-state index is 5.85. The number of rotatable bonds is 5. The van der Waals surface area contributed by atoms with Crippen molar-refractivity contribution in [2.24, 2.45) is 0 Å². The highest BCUT2D eigenvalue weighted by Gasteiger charge is 2.22. The number of pyridine rings is 2. The molecular weight excluding hydrogens is 378 g/mol. The van der Waals surface area contributed by atoms with Crippen LogP contribution in [0.3, 0.4) is 0 Å². The molecule has 0 unspecified atom stereocenters. The molecule has 0 radical (unpaired) electrons. The van der Waals surface area contributed by atoms with Crippen LogP contribution in [-0.2, 0) is 0 Å². The lowest BCUT2D eigenvalue weighted by atomic mass is 10.0. The van der Waals surface area contributed by atoms with E-state index in [1.54, 1.807) is 24.2 Å². The van der Waals surface area contributed by atoms with Gasteiger partial charge >= 0.3 is 0 Å². The van der Waals surface area contributed by atoms with Crippen LogP contribution in [0.5, 0.6) is 0 Å². The highest BCUT2D eigenvalue weighted by Crippen LogP contribution is 2.45. The van der Waals surface area contributed by atoms with Gasteiger partial charge in [-0.25, -0.2) is 0 Å². The van der Waals surface area contributed by atoms with E-state index in [1.807, 2.05) is 73.1 Å². The molecule has 5 aromatic rings. The van der Waals surface area contributed by atoms with Gasteiger partial charge in [0.15, 0.2) is 0 Å². The minimum absolute atomic E-state index is 0.799. The summed E-state index contributed by atoms with van der Waals surface area (Å²) in [7, 11) is 0. The van der Waals surface area contributed by atoms with Crippen molar-refractivity contribution < 1.29 is 4.42 Å². The summed E-state index contributed by atoms with van der Waals surface area (Å²) in [5, 5.41) is 0. The molecule has 0 bridgehead atoms. The number of nitrogens with zero attached hydrogens (tertiary/aromatic N) is 2. The van der Waals surface area contributed by atoms with E-state index in [0.717, 1.165) is 43.8 Å². The number of furan rings is 1. The van der Waals surface area contributed by atoms with Gasteiger partial charge < -0.3 is 9.40 Å². The first-order valence-electron chi connectivity index (χ1n) is 9.25. The van der Waals surface area contributed by atoms with E-state index in [1.165, 1.54) is 0 Å². The summed E-state index contributed by atoms with van der Waals surface area (Å²) in [5.74, 6) is 0.799. The fourth-order valence-electron chi connectivity index (χ4n) is 3.25. The van der Waals surface area contributed by atoms with Crippen molar-refractivity contribution in [3.05, 3.63) is 97.7 Å². The van der Waals surface area contributed by atoms with Crippen molar-refractivity contribution in [2.45, 2.75) is 9.79 Å². The highest BCUT2D eigenvalue weighted by atomic mass is 32.2. The van der Waals surface area contributed by atoms with E-state index < -0.39 is 0 Å². The fourth-order valence-corrected chi connectivity index (χ4v) is 4.35. The van der Waals surface area contributed by atoms with Crippen molar-refractivity contribution in [1.82, 2.24) is 15.0 Å². The summed E-state index contributed by atoms with van der Waals surface area (Å²) in [6.07, 6.45) is 7.30. The molecule has 1 N–H and O–H groups in total. The molecule has 4 aromatic heterocycles. The molecule has 0 saturated heterocycles. The average molecular weight is 395 g/mol. The molecule has 0 spiro atoms. The van der Waals surface area contributed by atoms with Gasteiger partial charge in [0.05, 0.1) is 16.9 Å². The Morgan fingerprint density at radius 2 is 1.72 bits per heavy atom. The maximum atomic E-state index is 5.85. The van der Waals surface area contributed by atoms with Crippen LogP contribution >= 0.6 is 11.8 Å². The van der Waals surface area contributed by atoms with Crippen molar-refractivity contribution in [1.29, 1.82) is 0 Å². The zero-order valence-corrected chi connectivity index (χ0v) is 16.3. The second kappa shape index (κ2) is 7.81. The normalized spacial score (nSPS) is 10.9. The molecule has 29 heavy (non-hydrogen) atoms. The van der Waals surface area contributed by atoms with E-state index in [0.29, 0.717) is 0 Å². The van der Waals surface area contributed by atoms with Crippen molar-refractivity contribution >= 4 is 11.8 Å². The first-order valence-corrected chi connectivity index (χ1v) is 10.1. The molecule has 0 aliphatic carbocycles. The Bertz CT molecular complexity index is 1200. The Kier molecular flexibility index (Phi) is 4.72. The predicted molar refractivity (Wildman–Crippen MR) is 116 cm³/mol. The molecule has 0 atom stereocenters. The number of hydrogen-bond donors (Lipinski definition) is 1. The molecule has 0 aliphatic rings. The molecule has 1 aromatic carbocycles. The third-order valence-electron chi connectivity index (χ3n) is 4.56. The SMILES string of the molecule is c1ccc(Sc2c(-c3ccccn3)ncc(-c3ccc[nH]3)c2-c2ccco2)cc1. The molecule has 0 aliphatic heterocycles. The van der Waals surface area contributed by atoms with Crippen LogP contribution in [-0.4, -0.2) is 15.0 Å². The largest absolute Gasteiger partial charge is 0.464 e. The molecule has 4 heterocycles. The topological polar surface area (TPSA) is 54.7 Å². The quantitative estimate of drug-likeness (QED) is 0.367. The van der Waals surface area contributed by atoms with E-state index in [4.69, 9.17) is 9.40 Å². The van der Waals surface area contributed by atoms with Gasteiger partial charge in [-0.3, -0.25) is 9.97 Å². The Balaban J connectivity index is 1.80. The summed E-state index contributed by atoms with van der Waals surface area (Å²) in [4.78, 5) is 14.8. The van der Waals surface area contributed by atoms with Gasteiger partial charge in [-0.2, -0.15) is 0 Å². The number of nitrogens with one attached hydrogen (secondary N) is 1. The predicted octanol–water partition coefficient (Wildman–Crippen LogP) is 6.55. The van der Waals surface area contributed by atoms with Gasteiger partial charge in [0.25, 0.3) is 0 Å². The number of benzene rings is 1. The minimum atomic E-state index is 0.799. The first-order chi connectivity index (χ1) is 14.4. The zero-order chi connectivity index (χ0) is 19.5. The van der Waals surface area contributed by atoms with Crippen molar-refractivity contribution in [2.75, 3.05) is 0 Å². The number of hydrogen-bond acceptors (Lipinski definition) is 4. The Labute approximate surface area is 172 Å². The fraction of sp³-hybridized carbons (Fsp3) is 0. The molecule has 140 valence electrons. The van der Waals surface area contributed by atoms with E-state index >= 15 is 0 Å². The van der Waals surface area contributed by atoms with E-state index in [9.17, 15) is 0 Å². The van der Waals surface area contributed by atoms with Crippen LogP contribution in [0.4, 0.5) is 0 Å². The molecule has 0 amide bonds. The third kappa shape index (κ3) is 3.48. The minimum Gasteiger partial charge on any atom is -0.464 e. The molecular formula is C24H17N3OS. The molecule has 0 fully saturated rings. The number of H-pyrrole nitrogens is 1. The van der Waals surface area contributed by atoms with Crippen LogP contribution in [0.15, 0.2) is 112 Å². The van der Waals surface area contributed by atoms with E-state index in [2.05, 4.69) is 22.1 Å². The van der Waals surface area contributed by atoms with Crippen LogP contribution < -0.4 is 0 Å². The van der Waals surface area contributed by atoms with Gasteiger partial charge in [-0.05, 0) is 48.5 Å². The van der Waals surface area contributed by atoms with Crippen LogP contribution in [0.1, 0.15) is 0 Å². The number of aromatic nitrogens is 3. The highest BCUT2D eigenvalue weighted by molar-refractivity contribution is 7.99. The zero-order valence-electron chi connectivity index (χ0n) is 15.4. The Morgan fingerprint density at radius 3 is 2.45 bits per heavy atom. The lowest BCUT2D eigenvalue weighted by Gasteiger charge is -2.16. The summed E-state index contributed by atoms with van der Waals surface area (Å²) in [5.41, 5.74) is 4.65. The van der Waals surface area contributed by atoms with Crippen molar-refractivity contribution in [3.63, 3.8) is 0 Å². The lowest BCUT2D eigenvalue weighted by Crippen LogP contribution is -1.96. The third-order valence-corrected chi connectivity index (χ3v) is 5.67. The second-order valence-electron chi connectivity index (χ2n) is 6.42. The van der Waals surface area contributed by atoms with E-state index in [-0.39, 0.29) is 0 Å². The number of aromatic amines is 1. The smallest absolute Gasteiger partial charge is 0.135 e. The van der Waals surface area contributed by atoms with Gasteiger partial charge in [-0.15, -0.1) is 0 Å². The lowest BCUT2D eigenvalue weighted by molar-refractivity contribution is 0.581. The molecule has 5 rings (SSSR count). The second-order valence-corrected chi connectivity index (χ2v) is 7.50. The first kappa shape index (κ1) is 17.5. The molecule has 4 nitrogen and oxygen atoms in total. The maximum Gasteiger partial charge on any atom is 0.135 e. The Morgan fingerprint density at radius 1 is 0.828 bits per heavy atom. The van der Waals surface area contributed by atoms with Gasteiger partial charge in [0.1, 0.15) is 11.5 Å². The van der Waals surface area contributed by atoms with Gasteiger partial charge in [0, 0.05) is 40.3 Å². The Hall–Kier alpha value is -3.57. The van der Waals surface area contributed by atoms with Gasteiger partial charge in [0.2, 0.25) is 0 Å². The monoisotopic (exact) mass is 395 g/mol.